The summed E-state index contributed by atoms with van der Waals surface area (Å²) in [6, 6.07) is 21.7. The molecule has 0 heterocycles. The molecule has 0 N–H and O–H groups in total. The fourth-order valence-electron chi connectivity index (χ4n) is 3.52. The Hall–Kier alpha value is -1.16. The van der Waals surface area contributed by atoms with Crippen LogP contribution in [-0.4, -0.2) is 0 Å². The number of hydrogen-bond donors (Lipinski definition) is 0. The molecule has 3 aromatic carbocycles. The molecule has 1 aliphatic carbocycles. The summed E-state index contributed by atoms with van der Waals surface area (Å²) in [5, 5.41) is 5.65. The summed E-state index contributed by atoms with van der Waals surface area (Å²) in [5.74, 6) is 0. The molecule has 0 aromatic heterocycles. The summed E-state index contributed by atoms with van der Waals surface area (Å²) in [6.07, 6.45) is 3.44. The fraction of sp³-hybridized carbons (Fsp3) is 0.269. The molecule has 0 saturated heterocycles. The van der Waals surface area contributed by atoms with E-state index in [0.717, 1.165) is 8.58 Å². The summed E-state index contributed by atoms with van der Waals surface area (Å²) in [5.41, 5.74) is 5.78. The first kappa shape index (κ1) is 23.1. The number of allylic oxidation sites excluding steroid dienone is 4. The predicted octanol–water partition coefficient (Wildman–Crippen LogP) is 6.61. The molecule has 1 aliphatic rings. The quantitative estimate of drug-likeness (QED) is 0.296. The van der Waals surface area contributed by atoms with E-state index in [1.54, 1.807) is 0 Å². The zero-order valence-electron chi connectivity index (χ0n) is 17.8. The van der Waals surface area contributed by atoms with Crippen molar-refractivity contribution in [2.45, 2.75) is 41.5 Å². The van der Waals surface area contributed by atoms with Gasteiger partial charge in [0, 0.05) is 0 Å². The van der Waals surface area contributed by atoms with Gasteiger partial charge in [-0.15, -0.1) is 55.8 Å². The molecule has 0 aliphatic heterocycles. The molecule has 0 nitrogen and oxygen atoms in total. The largest absolute Gasteiger partial charge is 2.00 e. The van der Waals surface area contributed by atoms with Gasteiger partial charge < -0.3 is 0 Å². The van der Waals surface area contributed by atoms with Gasteiger partial charge in [-0.2, -0.15) is 17.2 Å². The molecule has 2 heteroatoms. The summed E-state index contributed by atoms with van der Waals surface area (Å²) < 4.78 is 0. The monoisotopic (exact) mass is 462 g/mol. The van der Waals surface area contributed by atoms with Crippen LogP contribution in [-0.2, 0) is 26.2 Å². The van der Waals surface area contributed by atoms with Crippen LogP contribution in [0.15, 0.2) is 77.4 Å². The third-order valence-corrected chi connectivity index (χ3v) is 7.19. The zero-order valence-corrected chi connectivity index (χ0v) is 21.2. The smallest absolute Gasteiger partial charge is 0.263 e. The molecule has 0 saturated carbocycles. The molecule has 1 unspecified atom stereocenters. The minimum Gasteiger partial charge on any atom is -0.263 e. The second-order valence-electron chi connectivity index (χ2n) is 7.90. The van der Waals surface area contributed by atoms with Gasteiger partial charge in [0.1, 0.15) is 0 Å². The van der Waals surface area contributed by atoms with Gasteiger partial charge in [-0.3, -0.25) is 6.08 Å². The van der Waals surface area contributed by atoms with Gasteiger partial charge in [-0.05, 0) is 17.8 Å². The van der Waals surface area contributed by atoms with E-state index in [9.17, 15) is 0 Å². The number of benzene rings is 2. The zero-order chi connectivity index (χ0) is 19.6. The number of hydrogen-bond acceptors (Lipinski definition) is 0. The number of aryl methyl sites for hydroxylation is 1. The van der Waals surface area contributed by atoms with Crippen LogP contribution in [0.3, 0.4) is 0 Å². The van der Waals surface area contributed by atoms with Crippen LogP contribution in [0.4, 0.5) is 0 Å². The molecular formula is C26H29PZr. The Morgan fingerprint density at radius 1 is 0.857 bits per heavy atom. The second-order valence-corrected chi connectivity index (χ2v) is 9.23. The van der Waals surface area contributed by atoms with Crippen molar-refractivity contribution in [3.8, 4) is 0 Å². The van der Waals surface area contributed by atoms with Crippen molar-refractivity contribution < 1.29 is 26.2 Å². The van der Waals surface area contributed by atoms with Gasteiger partial charge in [0.25, 0.3) is 0 Å². The Morgan fingerprint density at radius 3 is 2.07 bits per heavy atom. The molecular weight excluding hydrogens is 434 g/mol. The molecule has 0 bridgehead atoms. The first-order chi connectivity index (χ1) is 12.8. The Labute approximate surface area is 191 Å². The first-order valence-electron chi connectivity index (χ1n) is 9.57. The van der Waals surface area contributed by atoms with E-state index in [0.29, 0.717) is 0 Å². The standard InChI is InChI=1S/C16H14P.C10H15.Zr/c1-12-6-2-5-9-15(12)17-16-11-10-13-7-3-4-8-14(13)16;1-7-6-10(4,5)9(3)8(7)2;/h2-11,17H,1H3;1-5H3;/q2*-1;+2. The third-order valence-electron chi connectivity index (χ3n) is 5.66. The molecule has 4 rings (SSSR count). The van der Waals surface area contributed by atoms with E-state index < -0.39 is 0 Å². The molecule has 0 radical (unpaired) electrons. The van der Waals surface area contributed by atoms with Crippen molar-refractivity contribution in [2.24, 2.45) is 5.41 Å². The van der Waals surface area contributed by atoms with E-state index in [4.69, 9.17) is 0 Å². The van der Waals surface area contributed by atoms with E-state index in [2.05, 4.69) is 108 Å². The number of rotatable bonds is 2. The summed E-state index contributed by atoms with van der Waals surface area (Å²) in [7, 11) is 0.754. The summed E-state index contributed by atoms with van der Waals surface area (Å²) in [4.78, 5) is 0. The average Bonchev–Trinajstić information content (AvgIpc) is 3.12. The molecule has 0 amide bonds. The van der Waals surface area contributed by atoms with Crippen LogP contribution >= 0.6 is 8.58 Å². The van der Waals surface area contributed by atoms with Crippen molar-refractivity contribution in [1.29, 1.82) is 0 Å². The Bertz CT molecular complexity index is 1020. The average molecular weight is 464 g/mol. The van der Waals surface area contributed by atoms with Crippen LogP contribution in [0.2, 0.25) is 0 Å². The van der Waals surface area contributed by atoms with Gasteiger partial charge in [0.2, 0.25) is 0 Å². The van der Waals surface area contributed by atoms with Crippen LogP contribution < -0.4 is 10.6 Å². The Balaban J connectivity index is 0.000000221. The minimum absolute atomic E-state index is 0. The summed E-state index contributed by atoms with van der Waals surface area (Å²) >= 11 is 0. The maximum atomic E-state index is 3.44. The van der Waals surface area contributed by atoms with E-state index in [1.165, 1.54) is 43.7 Å². The van der Waals surface area contributed by atoms with Crippen LogP contribution in [0, 0.1) is 18.4 Å². The van der Waals surface area contributed by atoms with Crippen LogP contribution in [0.5, 0.6) is 0 Å². The molecule has 1 atom stereocenters. The fourth-order valence-corrected chi connectivity index (χ4v) is 4.80. The topological polar surface area (TPSA) is 0 Å². The number of fused-ring (bicyclic) bond motifs is 1. The normalized spacial score (nSPS) is 15.4. The van der Waals surface area contributed by atoms with Crippen molar-refractivity contribution >= 4 is 30.0 Å². The van der Waals surface area contributed by atoms with Crippen molar-refractivity contribution in [2.75, 3.05) is 0 Å². The maximum Gasteiger partial charge on any atom is 2.00 e. The van der Waals surface area contributed by atoms with E-state index >= 15 is 0 Å². The van der Waals surface area contributed by atoms with Crippen molar-refractivity contribution in [3.05, 3.63) is 89.0 Å². The SMILES string of the molecule is CC1=[C-]C(C)(C)C(C)=C1C.Cc1ccccc1P[c-]1ccc2ccccc21.[Zr+2]. The third kappa shape index (κ3) is 5.06. The van der Waals surface area contributed by atoms with Gasteiger partial charge in [0.15, 0.2) is 0 Å². The van der Waals surface area contributed by atoms with Gasteiger partial charge in [0.05, 0.1) is 0 Å². The summed E-state index contributed by atoms with van der Waals surface area (Å²) in [6.45, 7) is 13.1. The molecule has 3 aromatic rings. The molecule has 0 fully saturated rings. The maximum absolute atomic E-state index is 3.44. The molecule has 142 valence electrons. The van der Waals surface area contributed by atoms with Gasteiger partial charge >= 0.3 is 26.2 Å². The van der Waals surface area contributed by atoms with Gasteiger partial charge in [-0.25, -0.2) is 5.57 Å². The first-order valence-corrected chi connectivity index (χ1v) is 10.6. The van der Waals surface area contributed by atoms with Crippen LogP contribution in [0.25, 0.3) is 10.8 Å². The Kier molecular flexibility index (Phi) is 7.90. The Morgan fingerprint density at radius 2 is 1.50 bits per heavy atom. The van der Waals surface area contributed by atoms with E-state index in [-0.39, 0.29) is 31.6 Å². The van der Waals surface area contributed by atoms with Crippen molar-refractivity contribution in [3.63, 3.8) is 0 Å². The molecule has 0 spiro atoms. The predicted molar refractivity (Wildman–Crippen MR) is 123 cm³/mol. The second kappa shape index (κ2) is 9.56. The van der Waals surface area contributed by atoms with Crippen LogP contribution in [0.1, 0.15) is 40.2 Å². The minimum atomic E-state index is 0. The van der Waals surface area contributed by atoms with Gasteiger partial charge in [-0.1, -0.05) is 63.4 Å². The molecule has 28 heavy (non-hydrogen) atoms. The van der Waals surface area contributed by atoms with Crippen molar-refractivity contribution in [1.82, 2.24) is 0 Å². The van der Waals surface area contributed by atoms with E-state index in [1.807, 2.05) is 0 Å².